The molecule has 1 heterocycles. The van der Waals surface area contributed by atoms with Crippen molar-refractivity contribution in [3.8, 4) is 0 Å². The summed E-state index contributed by atoms with van der Waals surface area (Å²) >= 11 is 0. The van der Waals surface area contributed by atoms with Crippen molar-refractivity contribution in [1.29, 1.82) is 0 Å². The molecule has 102 valence electrons. The highest BCUT2D eigenvalue weighted by atomic mass is 16.2. The average molecular weight is 260 g/mol. The lowest BCUT2D eigenvalue weighted by atomic mass is 9.95. The summed E-state index contributed by atoms with van der Waals surface area (Å²) in [4.78, 5) is 25.7. The van der Waals surface area contributed by atoms with Crippen molar-refractivity contribution in [1.82, 2.24) is 10.2 Å². The van der Waals surface area contributed by atoms with Gasteiger partial charge in [0.1, 0.15) is 0 Å². The number of benzene rings is 1. The Bertz CT molecular complexity index is 460. The molecule has 0 aromatic heterocycles. The van der Waals surface area contributed by atoms with Crippen molar-refractivity contribution in [2.75, 3.05) is 20.1 Å². The van der Waals surface area contributed by atoms with Crippen LogP contribution in [0.15, 0.2) is 24.3 Å². The molecule has 0 atom stereocenters. The van der Waals surface area contributed by atoms with Gasteiger partial charge < -0.3 is 10.2 Å². The van der Waals surface area contributed by atoms with Gasteiger partial charge in [-0.2, -0.15) is 0 Å². The maximum Gasteiger partial charge on any atom is 0.253 e. The molecule has 1 saturated heterocycles. The molecule has 2 rings (SSSR count). The fourth-order valence-electron chi connectivity index (χ4n) is 2.43. The van der Waals surface area contributed by atoms with Crippen LogP contribution < -0.4 is 5.32 Å². The van der Waals surface area contributed by atoms with Gasteiger partial charge in [-0.15, -0.1) is 0 Å². The zero-order chi connectivity index (χ0) is 13.8. The first-order valence-electron chi connectivity index (χ1n) is 6.69. The topological polar surface area (TPSA) is 49.4 Å². The molecule has 1 aromatic carbocycles. The van der Waals surface area contributed by atoms with Crippen LogP contribution in [0.25, 0.3) is 0 Å². The van der Waals surface area contributed by atoms with Gasteiger partial charge in [-0.25, -0.2) is 0 Å². The summed E-state index contributed by atoms with van der Waals surface area (Å²) in [5.41, 5.74) is 1.87. The molecule has 1 fully saturated rings. The zero-order valence-electron chi connectivity index (χ0n) is 11.5. The van der Waals surface area contributed by atoms with Crippen molar-refractivity contribution >= 4 is 11.8 Å². The fraction of sp³-hybridized carbons (Fsp3) is 0.467. The van der Waals surface area contributed by atoms with Gasteiger partial charge in [0.25, 0.3) is 5.91 Å². The van der Waals surface area contributed by atoms with Gasteiger partial charge in [0.15, 0.2) is 0 Å². The zero-order valence-corrected chi connectivity index (χ0v) is 11.5. The van der Waals surface area contributed by atoms with E-state index < -0.39 is 0 Å². The average Bonchev–Trinajstić information content (AvgIpc) is 2.46. The van der Waals surface area contributed by atoms with Crippen LogP contribution in [-0.2, 0) is 4.79 Å². The molecule has 2 amide bonds. The smallest absolute Gasteiger partial charge is 0.253 e. The van der Waals surface area contributed by atoms with E-state index in [0.717, 1.165) is 24.0 Å². The molecule has 0 aliphatic carbocycles. The second-order valence-electron chi connectivity index (χ2n) is 5.05. The summed E-state index contributed by atoms with van der Waals surface area (Å²) in [6, 6.07) is 7.63. The van der Waals surface area contributed by atoms with E-state index in [4.69, 9.17) is 0 Å². The molecule has 19 heavy (non-hydrogen) atoms. The van der Waals surface area contributed by atoms with E-state index in [1.165, 1.54) is 0 Å². The molecule has 1 aliphatic heterocycles. The fourth-order valence-corrected chi connectivity index (χ4v) is 2.43. The molecule has 1 N–H and O–H groups in total. The van der Waals surface area contributed by atoms with Crippen LogP contribution in [0.2, 0.25) is 0 Å². The predicted molar refractivity (Wildman–Crippen MR) is 73.9 cm³/mol. The second-order valence-corrected chi connectivity index (χ2v) is 5.05. The van der Waals surface area contributed by atoms with Crippen LogP contribution in [0.5, 0.6) is 0 Å². The molecule has 1 aromatic rings. The largest absolute Gasteiger partial charge is 0.359 e. The molecule has 0 bridgehead atoms. The molecular formula is C15H20N2O2. The minimum absolute atomic E-state index is 0.0482. The summed E-state index contributed by atoms with van der Waals surface area (Å²) in [7, 11) is 1.66. The lowest BCUT2D eigenvalue weighted by Gasteiger charge is -2.31. The van der Waals surface area contributed by atoms with E-state index >= 15 is 0 Å². The number of hydrogen-bond acceptors (Lipinski definition) is 2. The normalized spacial score (nSPS) is 16.2. The van der Waals surface area contributed by atoms with Gasteiger partial charge >= 0.3 is 0 Å². The molecule has 0 unspecified atom stereocenters. The Kier molecular flexibility index (Phi) is 4.20. The summed E-state index contributed by atoms with van der Waals surface area (Å²) in [5, 5.41) is 2.67. The maximum atomic E-state index is 12.3. The van der Waals surface area contributed by atoms with Gasteiger partial charge in [0.05, 0.1) is 0 Å². The van der Waals surface area contributed by atoms with E-state index in [2.05, 4.69) is 5.32 Å². The number of rotatable bonds is 2. The van der Waals surface area contributed by atoms with Crippen LogP contribution in [0.3, 0.4) is 0 Å². The first-order chi connectivity index (χ1) is 9.11. The SMILES string of the molecule is CNC(=O)C1CCN(C(=O)c2ccc(C)cc2)CC1. The molecule has 0 spiro atoms. The standard InChI is InChI=1S/C15H20N2O2/c1-11-3-5-13(6-4-11)15(19)17-9-7-12(8-10-17)14(18)16-2/h3-6,12H,7-10H2,1-2H3,(H,16,18). The van der Waals surface area contributed by atoms with Crippen LogP contribution >= 0.6 is 0 Å². The van der Waals surface area contributed by atoms with Gasteiger partial charge in [0, 0.05) is 31.6 Å². The first-order valence-corrected chi connectivity index (χ1v) is 6.69. The first kappa shape index (κ1) is 13.6. The molecule has 4 heteroatoms. The predicted octanol–water partition coefficient (Wildman–Crippen LogP) is 1.59. The number of nitrogens with one attached hydrogen (secondary N) is 1. The van der Waals surface area contributed by atoms with Gasteiger partial charge in [0.2, 0.25) is 5.91 Å². The summed E-state index contributed by atoms with van der Waals surface area (Å²) in [6.45, 7) is 3.32. The highest BCUT2D eigenvalue weighted by Gasteiger charge is 2.27. The monoisotopic (exact) mass is 260 g/mol. The number of likely N-dealkylation sites (tertiary alicyclic amines) is 1. The van der Waals surface area contributed by atoms with Gasteiger partial charge in [-0.1, -0.05) is 17.7 Å². The number of amides is 2. The number of carbonyl (C=O) groups excluding carboxylic acids is 2. The Morgan fingerprint density at radius 2 is 1.74 bits per heavy atom. The summed E-state index contributed by atoms with van der Waals surface area (Å²) < 4.78 is 0. The number of hydrogen-bond donors (Lipinski definition) is 1. The molecule has 4 nitrogen and oxygen atoms in total. The Balaban J connectivity index is 1.96. The van der Waals surface area contributed by atoms with Gasteiger partial charge in [-0.05, 0) is 31.9 Å². The Hall–Kier alpha value is -1.84. The molecule has 1 aliphatic rings. The number of piperidine rings is 1. The number of nitrogens with zero attached hydrogens (tertiary/aromatic N) is 1. The van der Waals surface area contributed by atoms with E-state index in [-0.39, 0.29) is 17.7 Å². The van der Waals surface area contributed by atoms with Gasteiger partial charge in [-0.3, -0.25) is 9.59 Å². The van der Waals surface area contributed by atoms with E-state index in [9.17, 15) is 9.59 Å². The Morgan fingerprint density at radius 3 is 2.26 bits per heavy atom. The Labute approximate surface area is 113 Å². The summed E-state index contributed by atoms with van der Waals surface area (Å²) in [5.74, 6) is 0.199. The van der Waals surface area contributed by atoms with Crippen molar-refractivity contribution in [3.05, 3.63) is 35.4 Å². The number of carbonyl (C=O) groups is 2. The number of aryl methyl sites for hydroxylation is 1. The minimum Gasteiger partial charge on any atom is -0.359 e. The van der Waals surface area contributed by atoms with Crippen LogP contribution in [0.1, 0.15) is 28.8 Å². The van der Waals surface area contributed by atoms with Crippen LogP contribution in [0, 0.1) is 12.8 Å². The van der Waals surface area contributed by atoms with Crippen LogP contribution in [-0.4, -0.2) is 36.9 Å². The quantitative estimate of drug-likeness (QED) is 0.878. The lowest BCUT2D eigenvalue weighted by Crippen LogP contribution is -2.42. The Morgan fingerprint density at radius 1 is 1.16 bits per heavy atom. The van der Waals surface area contributed by atoms with Crippen molar-refractivity contribution in [3.63, 3.8) is 0 Å². The second kappa shape index (κ2) is 5.87. The third-order valence-corrected chi connectivity index (χ3v) is 3.70. The molecule has 0 radical (unpaired) electrons. The summed E-state index contributed by atoms with van der Waals surface area (Å²) in [6.07, 6.45) is 1.49. The van der Waals surface area contributed by atoms with Crippen molar-refractivity contribution < 1.29 is 9.59 Å². The highest BCUT2D eigenvalue weighted by Crippen LogP contribution is 2.19. The minimum atomic E-state index is 0.0482. The van der Waals surface area contributed by atoms with Crippen molar-refractivity contribution in [2.45, 2.75) is 19.8 Å². The third kappa shape index (κ3) is 3.13. The van der Waals surface area contributed by atoms with Crippen LogP contribution in [0.4, 0.5) is 0 Å². The van der Waals surface area contributed by atoms with E-state index in [1.54, 1.807) is 7.05 Å². The highest BCUT2D eigenvalue weighted by molar-refractivity contribution is 5.94. The third-order valence-electron chi connectivity index (χ3n) is 3.70. The van der Waals surface area contributed by atoms with E-state index in [1.807, 2.05) is 36.1 Å². The molecular weight excluding hydrogens is 240 g/mol. The van der Waals surface area contributed by atoms with Crippen molar-refractivity contribution in [2.24, 2.45) is 5.92 Å². The molecule has 0 saturated carbocycles. The lowest BCUT2D eigenvalue weighted by molar-refractivity contribution is -0.125. The van der Waals surface area contributed by atoms with E-state index in [0.29, 0.717) is 13.1 Å². The maximum absolute atomic E-state index is 12.3.